The van der Waals surface area contributed by atoms with Crippen molar-refractivity contribution in [3.8, 4) is 0 Å². The first-order chi connectivity index (χ1) is 7.18. The smallest absolute Gasteiger partial charge is 0.274 e. The first-order valence-corrected chi connectivity index (χ1v) is 5.28. The van der Waals surface area contributed by atoms with Crippen LogP contribution < -0.4 is 0 Å². The number of carbonyl (C=O) groups is 1. The molecule has 0 radical (unpaired) electrons. The Morgan fingerprint density at radius 3 is 2.80 bits per heavy atom. The number of hydrogen-bond acceptors (Lipinski definition) is 3. The lowest BCUT2D eigenvalue weighted by Crippen LogP contribution is -2.34. The lowest BCUT2D eigenvalue weighted by Gasteiger charge is -2.20. The topological polar surface area (TPSA) is 46.1 Å². The van der Waals surface area contributed by atoms with E-state index in [0.29, 0.717) is 11.7 Å². The molecule has 0 spiro atoms. The molecule has 1 atom stereocenters. The van der Waals surface area contributed by atoms with Gasteiger partial charge in [0.05, 0.1) is 11.9 Å². The van der Waals surface area contributed by atoms with Crippen LogP contribution in [0.3, 0.4) is 0 Å². The maximum Gasteiger partial charge on any atom is 0.274 e. The lowest BCUT2D eigenvalue weighted by molar-refractivity contribution is 0.0741. The Kier molecular flexibility index (Phi) is 2.66. The van der Waals surface area contributed by atoms with Crippen molar-refractivity contribution in [3.05, 3.63) is 23.8 Å². The van der Waals surface area contributed by atoms with Crippen molar-refractivity contribution in [3.63, 3.8) is 0 Å². The summed E-state index contributed by atoms with van der Waals surface area (Å²) in [4.78, 5) is 22.1. The van der Waals surface area contributed by atoms with E-state index in [0.717, 1.165) is 25.1 Å². The van der Waals surface area contributed by atoms with Crippen molar-refractivity contribution in [2.75, 3.05) is 6.54 Å². The molecule has 1 amide bonds. The summed E-state index contributed by atoms with van der Waals surface area (Å²) in [5.41, 5.74) is 1.29. The van der Waals surface area contributed by atoms with E-state index in [1.807, 2.05) is 11.8 Å². The predicted molar refractivity (Wildman–Crippen MR) is 56.5 cm³/mol. The molecule has 0 aromatic carbocycles. The van der Waals surface area contributed by atoms with Gasteiger partial charge in [-0.3, -0.25) is 9.78 Å². The molecule has 0 N–H and O–H groups in total. The highest BCUT2D eigenvalue weighted by atomic mass is 16.2. The van der Waals surface area contributed by atoms with Gasteiger partial charge in [0.2, 0.25) is 0 Å². The number of amides is 1. The molecule has 1 aliphatic heterocycles. The Labute approximate surface area is 89.3 Å². The summed E-state index contributed by atoms with van der Waals surface area (Å²) in [5, 5.41) is 0. The summed E-state index contributed by atoms with van der Waals surface area (Å²) < 4.78 is 0. The Morgan fingerprint density at radius 1 is 1.47 bits per heavy atom. The number of carbonyl (C=O) groups excluding carboxylic acids is 1. The number of likely N-dealkylation sites (tertiary alicyclic amines) is 1. The van der Waals surface area contributed by atoms with Gasteiger partial charge in [0, 0.05) is 18.8 Å². The molecule has 0 aliphatic carbocycles. The molecule has 1 aromatic rings. The van der Waals surface area contributed by atoms with Crippen LogP contribution >= 0.6 is 0 Å². The standard InChI is InChI=1S/C11H15N3O/c1-8-6-13-10(7-12-8)11(15)14-5-3-4-9(14)2/h6-7,9H,3-5H2,1-2H3/t9-/m0/s1. The lowest BCUT2D eigenvalue weighted by atomic mass is 10.2. The Morgan fingerprint density at radius 2 is 2.27 bits per heavy atom. The Balaban J connectivity index is 2.17. The van der Waals surface area contributed by atoms with E-state index in [-0.39, 0.29) is 5.91 Å². The molecule has 0 saturated carbocycles. The van der Waals surface area contributed by atoms with Gasteiger partial charge >= 0.3 is 0 Å². The second kappa shape index (κ2) is 3.96. The SMILES string of the molecule is Cc1cnc(C(=O)N2CCC[C@@H]2C)cn1. The second-order valence-corrected chi connectivity index (χ2v) is 4.03. The molecule has 1 aliphatic rings. The zero-order valence-electron chi connectivity index (χ0n) is 9.10. The molecule has 1 saturated heterocycles. The van der Waals surface area contributed by atoms with E-state index < -0.39 is 0 Å². The third-order valence-corrected chi connectivity index (χ3v) is 2.81. The van der Waals surface area contributed by atoms with Crippen LogP contribution in [-0.4, -0.2) is 33.4 Å². The monoisotopic (exact) mass is 205 g/mol. The average Bonchev–Trinajstić information content (AvgIpc) is 2.65. The fourth-order valence-electron chi connectivity index (χ4n) is 1.89. The largest absolute Gasteiger partial charge is 0.335 e. The quantitative estimate of drug-likeness (QED) is 0.696. The number of aryl methyl sites for hydroxylation is 1. The minimum Gasteiger partial charge on any atom is -0.335 e. The molecule has 4 nitrogen and oxygen atoms in total. The first kappa shape index (κ1) is 10.1. The molecule has 0 bridgehead atoms. The van der Waals surface area contributed by atoms with E-state index >= 15 is 0 Å². The second-order valence-electron chi connectivity index (χ2n) is 4.03. The fourth-order valence-corrected chi connectivity index (χ4v) is 1.89. The maximum atomic E-state index is 12.0. The van der Waals surface area contributed by atoms with E-state index in [9.17, 15) is 4.79 Å². The highest BCUT2D eigenvalue weighted by molar-refractivity contribution is 5.92. The molecular formula is C11H15N3O. The normalized spacial score (nSPS) is 20.7. The maximum absolute atomic E-state index is 12.0. The van der Waals surface area contributed by atoms with E-state index in [4.69, 9.17) is 0 Å². The van der Waals surface area contributed by atoms with Gasteiger partial charge < -0.3 is 4.90 Å². The van der Waals surface area contributed by atoms with Crippen molar-refractivity contribution in [1.29, 1.82) is 0 Å². The molecule has 0 unspecified atom stereocenters. The van der Waals surface area contributed by atoms with Gasteiger partial charge in [-0.25, -0.2) is 4.98 Å². The van der Waals surface area contributed by atoms with Crippen LogP contribution in [0.25, 0.3) is 0 Å². The van der Waals surface area contributed by atoms with Crippen molar-refractivity contribution >= 4 is 5.91 Å². The third kappa shape index (κ3) is 1.98. The summed E-state index contributed by atoms with van der Waals surface area (Å²) >= 11 is 0. The summed E-state index contributed by atoms with van der Waals surface area (Å²) in [6.07, 6.45) is 5.37. The first-order valence-electron chi connectivity index (χ1n) is 5.28. The Bertz CT molecular complexity index is 361. The van der Waals surface area contributed by atoms with Gasteiger partial charge in [-0.2, -0.15) is 0 Å². The molecule has 1 fully saturated rings. The zero-order valence-corrected chi connectivity index (χ0v) is 9.10. The van der Waals surface area contributed by atoms with E-state index in [1.54, 1.807) is 12.4 Å². The number of rotatable bonds is 1. The zero-order chi connectivity index (χ0) is 10.8. The Hall–Kier alpha value is -1.45. The van der Waals surface area contributed by atoms with Crippen LogP contribution in [0.5, 0.6) is 0 Å². The van der Waals surface area contributed by atoms with E-state index in [2.05, 4.69) is 16.9 Å². The third-order valence-electron chi connectivity index (χ3n) is 2.81. The van der Waals surface area contributed by atoms with Crippen molar-refractivity contribution < 1.29 is 4.79 Å². The van der Waals surface area contributed by atoms with Gasteiger partial charge in [-0.05, 0) is 26.7 Å². The number of nitrogens with zero attached hydrogens (tertiary/aromatic N) is 3. The molecule has 2 heterocycles. The van der Waals surface area contributed by atoms with Crippen LogP contribution in [0.1, 0.15) is 35.9 Å². The predicted octanol–water partition coefficient (Wildman–Crippen LogP) is 1.41. The van der Waals surface area contributed by atoms with Crippen LogP contribution in [0.15, 0.2) is 12.4 Å². The van der Waals surface area contributed by atoms with Gasteiger partial charge in [-0.15, -0.1) is 0 Å². The molecule has 1 aromatic heterocycles. The van der Waals surface area contributed by atoms with Gasteiger partial charge in [-0.1, -0.05) is 0 Å². The summed E-state index contributed by atoms with van der Waals surface area (Å²) in [5.74, 6) is 0.00694. The van der Waals surface area contributed by atoms with Crippen LogP contribution in [0, 0.1) is 6.92 Å². The molecule has 4 heteroatoms. The van der Waals surface area contributed by atoms with Crippen molar-refractivity contribution in [2.24, 2.45) is 0 Å². The van der Waals surface area contributed by atoms with Gasteiger partial charge in [0.15, 0.2) is 0 Å². The number of aromatic nitrogens is 2. The number of hydrogen-bond donors (Lipinski definition) is 0. The van der Waals surface area contributed by atoms with Crippen molar-refractivity contribution in [2.45, 2.75) is 32.7 Å². The minimum atomic E-state index is 0.00694. The van der Waals surface area contributed by atoms with Gasteiger partial charge in [0.25, 0.3) is 5.91 Å². The molecule has 15 heavy (non-hydrogen) atoms. The van der Waals surface area contributed by atoms with Crippen LogP contribution in [0.4, 0.5) is 0 Å². The summed E-state index contributed by atoms with van der Waals surface area (Å²) in [6.45, 7) is 4.78. The highest BCUT2D eigenvalue weighted by Crippen LogP contribution is 2.18. The average molecular weight is 205 g/mol. The minimum absolute atomic E-state index is 0.00694. The molecule has 80 valence electrons. The fraction of sp³-hybridized carbons (Fsp3) is 0.545. The summed E-state index contributed by atoms with van der Waals surface area (Å²) in [7, 11) is 0. The van der Waals surface area contributed by atoms with Crippen LogP contribution in [0.2, 0.25) is 0 Å². The molecule has 2 rings (SSSR count). The summed E-state index contributed by atoms with van der Waals surface area (Å²) in [6, 6.07) is 0.334. The van der Waals surface area contributed by atoms with Crippen LogP contribution in [-0.2, 0) is 0 Å². The van der Waals surface area contributed by atoms with Crippen molar-refractivity contribution in [1.82, 2.24) is 14.9 Å². The van der Waals surface area contributed by atoms with Gasteiger partial charge in [0.1, 0.15) is 5.69 Å². The van der Waals surface area contributed by atoms with E-state index in [1.165, 1.54) is 0 Å². The molecular weight excluding hydrogens is 190 g/mol. The highest BCUT2D eigenvalue weighted by Gasteiger charge is 2.26.